The lowest BCUT2D eigenvalue weighted by atomic mass is 10.0. The van der Waals surface area contributed by atoms with Gasteiger partial charge in [0.2, 0.25) is 10.0 Å². The third kappa shape index (κ3) is 3.30. The number of benzene rings is 1. The fourth-order valence-corrected chi connectivity index (χ4v) is 4.22. The first kappa shape index (κ1) is 14.2. The summed E-state index contributed by atoms with van der Waals surface area (Å²) in [6, 6.07) is 7.64. The number of sulfonamides is 1. The molecule has 21 heavy (non-hydrogen) atoms. The van der Waals surface area contributed by atoms with Crippen molar-refractivity contribution in [2.24, 2.45) is 5.92 Å². The number of hydrogen-bond acceptors (Lipinski definition) is 4. The zero-order chi connectivity index (χ0) is 14.9. The Morgan fingerprint density at radius 1 is 1.33 bits per heavy atom. The van der Waals surface area contributed by atoms with E-state index in [4.69, 9.17) is 0 Å². The van der Waals surface area contributed by atoms with E-state index >= 15 is 0 Å². The number of aryl methyl sites for hydroxylation is 1. The van der Waals surface area contributed by atoms with Crippen molar-refractivity contribution >= 4 is 10.0 Å². The van der Waals surface area contributed by atoms with Crippen LogP contribution in [0.5, 0.6) is 0 Å². The Balaban J connectivity index is 1.57. The minimum absolute atomic E-state index is 0.0741. The second kappa shape index (κ2) is 5.57. The van der Waals surface area contributed by atoms with Crippen molar-refractivity contribution in [2.75, 3.05) is 13.1 Å². The van der Waals surface area contributed by atoms with Gasteiger partial charge in [0, 0.05) is 31.7 Å². The normalized spacial score (nSPS) is 16.8. The van der Waals surface area contributed by atoms with Crippen LogP contribution in [0.2, 0.25) is 0 Å². The first-order chi connectivity index (χ1) is 10.0. The Bertz CT molecular complexity index is 706. The Kier molecular flexibility index (Phi) is 3.77. The molecule has 0 radical (unpaired) electrons. The number of rotatable bonds is 5. The van der Waals surface area contributed by atoms with Crippen LogP contribution in [-0.4, -0.2) is 40.8 Å². The Hall–Kier alpha value is -1.73. The van der Waals surface area contributed by atoms with Gasteiger partial charge in [-0.2, -0.15) is 0 Å². The van der Waals surface area contributed by atoms with Crippen molar-refractivity contribution in [3.63, 3.8) is 0 Å². The molecule has 0 spiro atoms. The fraction of sp³-hybridized carbons (Fsp3) is 0.429. The lowest BCUT2D eigenvalue weighted by molar-refractivity contribution is 0.174. The predicted molar refractivity (Wildman–Crippen MR) is 78.9 cm³/mol. The van der Waals surface area contributed by atoms with E-state index in [0.717, 1.165) is 17.7 Å². The lowest BCUT2D eigenvalue weighted by Crippen LogP contribution is -2.51. The Labute approximate surface area is 124 Å². The molecule has 2 aromatic rings. The average Bonchev–Trinajstić information content (AvgIpc) is 2.85. The first-order valence-corrected chi connectivity index (χ1v) is 8.51. The molecule has 6 nitrogen and oxygen atoms in total. The van der Waals surface area contributed by atoms with Gasteiger partial charge in [0.15, 0.2) is 0 Å². The highest BCUT2D eigenvalue weighted by Gasteiger charge is 2.35. The highest BCUT2D eigenvalue weighted by Crippen LogP contribution is 2.23. The van der Waals surface area contributed by atoms with Crippen LogP contribution in [0.3, 0.4) is 0 Å². The van der Waals surface area contributed by atoms with Crippen molar-refractivity contribution in [1.82, 2.24) is 19.3 Å². The zero-order valence-electron chi connectivity index (χ0n) is 11.9. The minimum Gasteiger partial charge on any atom is -0.252 e. The molecule has 2 heterocycles. The average molecular weight is 306 g/mol. The monoisotopic (exact) mass is 306 g/mol. The second-order valence-electron chi connectivity index (χ2n) is 5.55. The third-order valence-electron chi connectivity index (χ3n) is 3.67. The summed E-state index contributed by atoms with van der Waals surface area (Å²) < 4.78 is 28.0. The smallest absolute Gasteiger partial charge is 0.218 e. The van der Waals surface area contributed by atoms with Crippen LogP contribution < -0.4 is 0 Å². The van der Waals surface area contributed by atoms with Crippen LogP contribution in [0.15, 0.2) is 36.7 Å². The summed E-state index contributed by atoms with van der Waals surface area (Å²) in [4.78, 5) is 0. The van der Waals surface area contributed by atoms with Crippen LogP contribution in [0.25, 0.3) is 0 Å². The standard InChI is InChI=1S/C14H18N4O2S/c1-12-3-2-4-13(7-12)11-21(19,20)18-9-14(10-18)8-17-6-5-15-16-17/h2-7,14H,8-11H2,1H3. The maximum Gasteiger partial charge on any atom is 0.218 e. The molecule has 7 heteroatoms. The van der Waals surface area contributed by atoms with Crippen LogP contribution in [0.1, 0.15) is 11.1 Å². The van der Waals surface area contributed by atoms with Crippen molar-refractivity contribution in [2.45, 2.75) is 19.2 Å². The van der Waals surface area contributed by atoms with Gasteiger partial charge in [0.05, 0.1) is 11.9 Å². The second-order valence-corrected chi connectivity index (χ2v) is 7.52. The van der Waals surface area contributed by atoms with E-state index in [9.17, 15) is 8.42 Å². The highest BCUT2D eigenvalue weighted by molar-refractivity contribution is 7.88. The van der Waals surface area contributed by atoms with Crippen LogP contribution >= 0.6 is 0 Å². The van der Waals surface area contributed by atoms with Crippen LogP contribution in [0.4, 0.5) is 0 Å². The number of aromatic nitrogens is 3. The van der Waals surface area contributed by atoms with E-state index in [1.807, 2.05) is 31.2 Å². The predicted octanol–water partition coefficient (Wildman–Crippen LogP) is 1.05. The summed E-state index contributed by atoms with van der Waals surface area (Å²) in [7, 11) is -3.22. The summed E-state index contributed by atoms with van der Waals surface area (Å²) in [6.45, 7) is 3.81. The lowest BCUT2D eigenvalue weighted by Gasteiger charge is -2.37. The van der Waals surface area contributed by atoms with Crippen molar-refractivity contribution in [3.05, 3.63) is 47.8 Å². The molecule has 0 unspecified atom stereocenters. The van der Waals surface area contributed by atoms with Gasteiger partial charge in [0.25, 0.3) is 0 Å². The molecule has 0 amide bonds. The molecule has 0 atom stereocenters. The van der Waals surface area contributed by atoms with E-state index in [1.54, 1.807) is 21.4 Å². The SMILES string of the molecule is Cc1cccc(CS(=O)(=O)N2CC(Cn3ccnn3)C2)c1. The van der Waals surface area contributed by atoms with E-state index < -0.39 is 10.0 Å². The Morgan fingerprint density at radius 3 is 2.81 bits per heavy atom. The van der Waals surface area contributed by atoms with Gasteiger partial charge in [0.1, 0.15) is 0 Å². The van der Waals surface area contributed by atoms with Gasteiger partial charge in [-0.25, -0.2) is 12.7 Å². The van der Waals surface area contributed by atoms with Gasteiger partial charge in [-0.1, -0.05) is 35.0 Å². The van der Waals surface area contributed by atoms with Gasteiger partial charge >= 0.3 is 0 Å². The van der Waals surface area contributed by atoms with E-state index in [0.29, 0.717) is 19.0 Å². The molecule has 0 aliphatic carbocycles. The molecular formula is C14H18N4O2S. The summed E-state index contributed by atoms with van der Waals surface area (Å²) in [5.74, 6) is 0.393. The largest absolute Gasteiger partial charge is 0.252 e. The molecule has 1 aromatic heterocycles. The fourth-order valence-electron chi connectivity index (χ4n) is 2.56. The third-order valence-corrected chi connectivity index (χ3v) is 5.45. The summed E-state index contributed by atoms with van der Waals surface area (Å²) in [5.41, 5.74) is 1.92. The molecule has 1 fully saturated rings. The molecule has 0 N–H and O–H groups in total. The number of hydrogen-bond donors (Lipinski definition) is 0. The molecule has 112 valence electrons. The van der Waals surface area contributed by atoms with Crippen LogP contribution in [-0.2, 0) is 22.3 Å². The van der Waals surface area contributed by atoms with Crippen molar-refractivity contribution in [3.8, 4) is 0 Å². The van der Waals surface area contributed by atoms with E-state index in [1.165, 1.54) is 0 Å². The topological polar surface area (TPSA) is 68.1 Å². The van der Waals surface area contributed by atoms with Gasteiger partial charge < -0.3 is 0 Å². The maximum absolute atomic E-state index is 12.3. The molecule has 3 rings (SSSR count). The summed E-state index contributed by atoms with van der Waals surface area (Å²) in [6.07, 6.45) is 3.43. The van der Waals surface area contributed by atoms with E-state index in [2.05, 4.69) is 10.3 Å². The molecule has 1 aliphatic heterocycles. The van der Waals surface area contributed by atoms with Gasteiger partial charge in [-0.05, 0) is 12.5 Å². The van der Waals surface area contributed by atoms with Gasteiger partial charge in [-0.3, -0.25) is 4.68 Å². The summed E-state index contributed by atoms with van der Waals surface area (Å²) in [5, 5.41) is 7.65. The van der Waals surface area contributed by atoms with Crippen molar-refractivity contribution in [1.29, 1.82) is 0 Å². The molecular weight excluding hydrogens is 288 g/mol. The Morgan fingerprint density at radius 2 is 2.14 bits per heavy atom. The van der Waals surface area contributed by atoms with Gasteiger partial charge in [-0.15, -0.1) is 5.10 Å². The number of nitrogens with zero attached hydrogens (tertiary/aromatic N) is 4. The molecule has 0 bridgehead atoms. The molecule has 1 aromatic carbocycles. The minimum atomic E-state index is -3.22. The van der Waals surface area contributed by atoms with Crippen LogP contribution in [0, 0.1) is 12.8 Å². The van der Waals surface area contributed by atoms with E-state index in [-0.39, 0.29) is 5.75 Å². The summed E-state index contributed by atoms with van der Waals surface area (Å²) >= 11 is 0. The van der Waals surface area contributed by atoms with Crippen molar-refractivity contribution < 1.29 is 8.42 Å². The maximum atomic E-state index is 12.3. The zero-order valence-corrected chi connectivity index (χ0v) is 12.7. The first-order valence-electron chi connectivity index (χ1n) is 6.90. The quantitative estimate of drug-likeness (QED) is 0.828. The highest BCUT2D eigenvalue weighted by atomic mass is 32.2. The molecule has 0 saturated carbocycles. The molecule has 1 saturated heterocycles. The molecule has 1 aliphatic rings.